The zero-order valence-corrected chi connectivity index (χ0v) is 39.9. The maximum atomic E-state index is 14.1. The van der Waals surface area contributed by atoms with Crippen molar-refractivity contribution >= 4 is 71.1 Å². The van der Waals surface area contributed by atoms with Crippen molar-refractivity contribution in [2.75, 3.05) is 39.4 Å². The molecular formula is C41H58FeN9O20. The Bertz CT molecular complexity index is 2050. The number of hydrogen-bond acceptors (Lipinski definition) is 17. The molecule has 0 aromatic carbocycles. The Morgan fingerprint density at radius 2 is 0.761 bits per heavy atom. The van der Waals surface area contributed by atoms with Crippen LogP contribution in [0.4, 0.5) is 0 Å². The van der Waals surface area contributed by atoms with Crippen LogP contribution >= 0.6 is 0 Å². The van der Waals surface area contributed by atoms with Crippen LogP contribution in [-0.4, -0.2) is 181 Å². The van der Waals surface area contributed by atoms with Gasteiger partial charge in [0.2, 0.25) is 53.2 Å². The number of carbonyl (C=O) groups excluding carboxylic acids is 9. The Morgan fingerprint density at radius 1 is 0.493 bits per heavy atom. The van der Waals surface area contributed by atoms with Gasteiger partial charge in [0.1, 0.15) is 30.2 Å². The zero-order valence-electron chi connectivity index (χ0n) is 38.8. The number of carboxylic acids is 3. The molecule has 30 heteroatoms. The van der Waals surface area contributed by atoms with Gasteiger partial charge in [-0.2, -0.15) is 0 Å². The molecule has 0 bridgehead atoms. The first-order chi connectivity index (χ1) is 32.8. The maximum absolute atomic E-state index is 14.1. The van der Waals surface area contributed by atoms with Crippen molar-refractivity contribution < 1.29 is 100 Å². The van der Waals surface area contributed by atoms with Crippen molar-refractivity contribution in [1.82, 2.24) is 47.1 Å². The van der Waals surface area contributed by atoms with Crippen molar-refractivity contribution in [1.29, 1.82) is 0 Å². The third kappa shape index (κ3) is 25.6. The standard InChI is InChI=1S/C41H58N9O20.Fe/c1-22(16-34(57)58)13-31(54)48(68)10-4-7-25-38(64)44-26(8-5-11-49(69)32(55)14-23(2)17-35(59)60)39(65)45-27(9-6-12-50(70)33(56)15-24(3)18-36(61)62)40(66)47-29(21-52)41(67)46-28(20-51)37(63)42-19-30(53)43-25;/h13-15,25-29,51-52H,4-12,16-21H2,1-3H3,(H,42,63)(H,43,53)(H,44,64)(H,45,65)(H,46,67)(H,47,66)(H,57,58)(H,59,60)(H,61,62);/q-3;+3. The van der Waals surface area contributed by atoms with Crippen LogP contribution in [0, 0.1) is 15.6 Å². The first-order valence-corrected chi connectivity index (χ1v) is 21.4. The molecule has 395 valence electrons. The van der Waals surface area contributed by atoms with Crippen LogP contribution in [0.1, 0.15) is 78.6 Å². The molecule has 0 aromatic heterocycles. The van der Waals surface area contributed by atoms with E-state index in [4.69, 9.17) is 15.3 Å². The van der Waals surface area contributed by atoms with E-state index in [0.717, 1.165) is 18.2 Å². The van der Waals surface area contributed by atoms with E-state index in [1.165, 1.54) is 20.8 Å². The van der Waals surface area contributed by atoms with E-state index in [2.05, 4.69) is 31.9 Å². The molecule has 0 aliphatic carbocycles. The number of hydroxylamine groups is 6. The molecule has 1 heterocycles. The molecule has 5 unspecified atom stereocenters. The second kappa shape index (κ2) is 32.9. The monoisotopic (exact) mass is 1050 g/mol. The van der Waals surface area contributed by atoms with Gasteiger partial charge >= 0.3 is 35.0 Å². The van der Waals surface area contributed by atoms with Gasteiger partial charge in [0.25, 0.3) is 0 Å². The van der Waals surface area contributed by atoms with Gasteiger partial charge in [0.15, 0.2) is 0 Å². The van der Waals surface area contributed by atoms with Gasteiger partial charge in [-0.15, -0.1) is 0 Å². The molecule has 0 saturated carbocycles. The summed E-state index contributed by atoms with van der Waals surface area (Å²) < 4.78 is 0. The summed E-state index contributed by atoms with van der Waals surface area (Å²) in [5.41, 5.74) is 0.0703. The first kappa shape index (κ1) is 64.2. The third-order valence-corrected chi connectivity index (χ3v) is 9.67. The molecule has 11 N–H and O–H groups in total. The topological polar surface area (TPSA) is 457 Å². The number of nitrogens with one attached hydrogen (secondary N) is 6. The summed E-state index contributed by atoms with van der Waals surface area (Å²) in [6, 6.07) is -8.95. The summed E-state index contributed by atoms with van der Waals surface area (Å²) in [7, 11) is 0. The summed E-state index contributed by atoms with van der Waals surface area (Å²) in [5.74, 6) is -14.5. The first-order valence-electron chi connectivity index (χ1n) is 21.4. The normalized spacial score (nSPS) is 19.9. The van der Waals surface area contributed by atoms with Crippen LogP contribution in [-0.2, 0) is 74.6 Å². The average molecular weight is 1050 g/mol. The van der Waals surface area contributed by atoms with E-state index in [-0.39, 0.29) is 68.2 Å². The van der Waals surface area contributed by atoms with Gasteiger partial charge in [-0.1, -0.05) is 16.7 Å². The number of rotatable bonds is 23. The number of hydrogen-bond donors (Lipinski definition) is 11. The molecular weight excluding hydrogens is 994 g/mol. The van der Waals surface area contributed by atoms with Crippen LogP contribution in [0.25, 0.3) is 0 Å². The second-order valence-corrected chi connectivity index (χ2v) is 15.9. The Morgan fingerprint density at radius 3 is 1.06 bits per heavy atom. The van der Waals surface area contributed by atoms with Crippen molar-refractivity contribution in [3.8, 4) is 0 Å². The Labute approximate surface area is 416 Å². The van der Waals surface area contributed by atoms with Crippen molar-refractivity contribution in [2.45, 2.75) is 109 Å². The molecule has 1 aliphatic heterocycles. The van der Waals surface area contributed by atoms with Crippen molar-refractivity contribution in [3.63, 3.8) is 0 Å². The summed E-state index contributed by atoms with van der Waals surface area (Å²) in [5, 5.41) is 97.5. The van der Waals surface area contributed by atoms with Crippen LogP contribution < -0.4 is 31.9 Å². The number of carbonyl (C=O) groups is 12. The fourth-order valence-electron chi connectivity index (χ4n) is 6.18. The van der Waals surface area contributed by atoms with Gasteiger partial charge in [-0.3, -0.25) is 57.5 Å². The van der Waals surface area contributed by atoms with Crippen LogP contribution in [0.2, 0.25) is 0 Å². The third-order valence-electron chi connectivity index (χ3n) is 9.67. The van der Waals surface area contributed by atoms with Crippen molar-refractivity contribution in [2.24, 2.45) is 0 Å². The van der Waals surface area contributed by atoms with Gasteiger partial charge in [0.05, 0.1) is 39.0 Å². The van der Waals surface area contributed by atoms with Gasteiger partial charge in [-0.05, 0) is 59.3 Å². The molecule has 1 rings (SSSR count). The number of aliphatic hydroxyl groups excluding tert-OH is 2. The molecule has 5 atom stereocenters. The van der Waals surface area contributed by atoms with E-state index >= 15 is 0 Å². The molecule has 1 aliphatic rings. The predicted molar refractivity (Wildman–Crippen MR) is 238 cm³/mol. The fourth-order valence-corrected chi connectivity index (χ4v) is 6.18. The largest absolute Gasteiger partial charge is 3.00 e. The smallest absolute Gasteiger partial charge is 0.756 e. The molecule has 1 radical (unpaired) electrons. The molecule has 29 nitrogen and oxygen atoms in total. The van der Waals surface area contributed by atoms with Crippen LogP contribution in [0.15, 0.2) is 34.9 Å². The van der Waals surface area contributed by atoms with Crippen LogP contribution in [0.5, 0.6) is 0 Å². The Kier molecular flexibility index (Phi) is 29.7. The minimum absolute atomic E-state index is 0. The Hall–Kier alpha value is -6.82. The summed E-state index contributed by atoms with van der Waals surface area (Å²) in [4.78, 5) is 151. The zero-order chi connectivity index (χ0) is 53.2. The van der Waals surface area contributed by atoms with E-state index in [0.29, 0.717) is 0 Å². The maximum Gasteiger partial charge on any atom is 3.00 e. The number of nitrogens with zero attached hydrogens (tertiary/aromatic N) is 3. The number of aliphatic carboxylic acids is 3. The number of carboxylic acid groups (broad SMARTS) is 3. The molecule has 0 spiro atoms. The minimum atomic E-state index is -1.88. The van der Waals surface area contributed by atoms with E-state index in [9.17, 15) is 83.4 Å². The van der Waals surface area contributed by atoms with E-state index < -0.39 is 179 Å². The SMILES string of the molecule is CC(=CC(=O)N([O-])CCCC1NC(=O)CNC(=O)C(CO)NC(=O)C(CO)NC(=O)C(CCCN([O-])C(=O)C=C(C)CC(=O)O)NC(=O)C(CCCN([O-])C(=O)C=C(C)CC(=O)O)NC1=O)CC(=O)O.[Fe+3]. The summed E-state index contributed by atoms with van der Waals surface area (Å²) in [6.07, 6.45) is -2.00. The fraction of sp³-hybridized carbons (Fsp3) is 0.561. The van der Waals surface area contributed by atoms with Crippen LogP contribution in [0.3, 0.4) is 0 Å². The quantitative estimate of drug-likeness (QED) is 0.0265. The van der Waals surface area contributed by atoms with Gasteiger partial charge in [-0.25, -0.2) is 0 Å². The predicted octanol–water partition coefficient (Wildman–Crippen LogP) is -3.89. The molecule has 1 fully saturated rings. The molecule has 0 aromatic rings. The summed E-state index contributed by atoms with van der Waals surface area (Å²) >= 11 is 0. The van der Waals surface area contributed by atoms with E-state index in [1.54, 1.807) is 0 Å². The molecule has 9 amide bonds. The number of aliphatic hydroxyl groups is 2. The number of amides is 9. The second-order valence-electron chi connectivity index (χ2n) is 15.9. The summed E-state index contributed by atoms with van der Waals surface area (Å²) in [6.45, 7) is -1.25. The van der Waals surface area contributed by atoms with E-state index in [1.807, 2.05) is 0 Å². The van der Waals surface area contributed by atoms with Gasteiger partial charge in [0, 0.05) is 37.9 Å². The van der Waals surface area contributed by atoms with Crippen molar-refractivity contribution in [3.05, 3.63) is 50.6 Å². The Balaban J connectivity index is 0.0000490. The van der Waals surface area contributed by atoms with Gasteiger partial charge < -0.3 is 88.2 Å². The molecule has 1 saturated heterocycles. The minimum Gasteiger partial charge on any atom is -0.756 e. The average Bonchev–Trinajstić information content (AvgIpc) is 3.26. The molecule has 71 heavy (non-hydrogen) atoms.